The molecule has 0 aromatic heterocycles. The van der Waals surface area contributed by atoms with Crippen LogP contribution >= 0.6 is 0 Å². The quantitative estimate of drug-likeness (QED) is 0.814. The maximum Gasteiger partial charge on any atom is 0.261 e. The molecule has 0 saturated carbocycles. The molecule has 0 radical (unpaired) electrons. The minimum Gasteiger partial charge on any atom is -0.481 e. The van der Waals surface area contributed by atoms with E-state index in [4.69, 9.17) is 4.74 Å². The standard InChI is InChI=1S/C19H24N2O2/c1-3-18(23-17-12-8-5-9-13-17)19(22)20-14-15-21(2)16-10-6-4-7-11-16/h4-13,18H,3,14-15H2,1-2H3,(H,20,22)/t18-/m0/s1. The van der Waals surface area contributed by atoms with Crippen molar-refractivity contribution >= 4 is 11.6 Å². The van der Waals surface area contributed by atoms with Gasteiger partial charge in [0.1, 0.15) is 5.75 Å². The van der Waals surface area contributed by atoms with E-state index in [2.05, 4.69) is 22.3 Å². The van der Waals surface area contributed by atoms with Gasteiger partial charge in [0, 0.05) is 25.8 Å². The van der Waals surface area contributed by atoms with E-state index in [0.717, 1.165) is 18.0 Å². The van der Waals surface area contributed by atoms with Gasteiger partial charge in [-0.05, 0) is 30.7 Å². The van der Waals surface area contributed by atoms with Gasteiger partial charge in [0.15, 0.2) is 6.10 Å². The molecule has 122 valence electrons. The average Bonchev–Trinajstić information content (AvgIpc) is 2.61. The van der Waals surface area contributed by atoms with Crippen LogP contribution in [0.1, 0.15) is 13.3 Å². The number of nitrogens with zero attached hydrogens (tertiary/aromatic N) is 1. The van der Waals surface area contributed by atoms with Crippen LogP contribution in [-0.2, 0) is 4.79 Å². The topological polar surface area (TPSA) is 41.6 Å². The highest BCUT2D eigenvalue weighted by Crippen LogP contribution is 2.13. The maximum absolute atomic E-state index is 12.2. The summed E-state index contributed by atoms with van der Waals surface area (Å²) in [7, 11) is 2.01. The zero-order valence-electron chi connectivity index (χ0n) is 13.7. The van der Waals surface area contributed by atoms with Gasteiger partial charge in [0.05, 0.1) is 0 Å². The summed E-state index contributed by atoms with van der Waals surface area (Å²) < 4.78 is 5.74. The van der Waals surface area contributed by atoms with E-state index >= 15 is 0 Å². The number of ether oxygens (including phenoxy) is 1. The first-order valence-electron chi connectivity index (χ1n) is 7.96. The molecule has 2 aromatic rings. The Morgan fingerprint density at radius 2 is 1.70 bits per heavy atom. The molecule has 0 aliphatic carbocycles. The first-order chi connectivity index (χ1) is 11.2. The highest BCUT2D eigenvalue weighted by Gasteiger charge is 2.17. The van der Waals surface area contributed by atoms with Crippen molar-refractivity contribution in [1.29, 1.82) is 0 Å². The minimum atomic E-state index is -0.459. The summed E-state index contributed by atoms with van der Waals surface area (Å²) in [4.78, 5) is 14.4. The van der Waals surface area contributed by atoms with Crippen LogP contribution in [0.3, 0.4) is 0 Å². The minimum absolute atomic E-state index is 0.0715. The summed E-state index contributed by atoms with van der Waals surface area (Å²) in [5.41, 5.74) is 1.13. The molecule has 1 amide bonds. The Hall–Kier alpha value is -2.49. The maximum atomic E-state index is 12.2. The molecule has 0 bridgehead atoms. The Labute approximate surface area is 138 Å². The lowest BCUT2D eigenvalue weighted by Gasteiger charge is -2.21. The second-order valence-electron chi connectivity index (χ2n) is 5.38. The number of anilines is 1. The van der Waals surface area contributed by atoms with E-state index < -0.39 is 6.10 Å². The number of carbonyl (C=O) groups excluding carboxylic acids is 1. The fraction of sp³-hybridized carbons (Fsp3) is 0.316. The van der Waals surface area contributed by atoms with Crippen LogP contribution in [-0.4, -0.2) is 32.1 Å². The molecule has 4 nitrogen and oxygen atoms in total. The van der Waals surface area contributed by atoms with Crippen molar-refractivity contribution in [1.82, 2.24) is 5.32 Å². The van der Waals surface area contributed by atoms with Gasteiger partial charge < -0.3 is 15.0 Å². The van der Waals surface area contributed by atoms with Crippen molar-refractivity contribution in [2.24, 2.45) is 0 Å². The van der Waals surface area contributed by atoms with Gasteiger partial charge in [-0.3, -0.25) is 4.79 Å². The number of likely N-dealkylation sites (N-methyl/N-ethyl adjacent to an activating group) is 1. The molecule has 2 rings (SSSR count). The largest absolute Gasteiger partial charge is 0.481 e. The molecule has 0 heterocycles. The highest BCUT2D eigenvalue weighted by molar-refractivity contribution is 5.81. The van der Waals surface area contributed by atoms with E-state index in [0.29, 0.717) is 13.0 Å². The van der Waals surface area contributed by atoms with Crippen molar-refractivity contribution in [3.63, 3.8) is 0 Å². The number of amides is 1. The zero-order chi connectivity index (χ0) is 16.5. The molecular weight excluding hydrogens is 288 g/mol. The summed E-state index contributed by atoms with van der Waals surface area (Å²) in [6.07, 6.45) is 0.175. The van der Waals surface area contributed by atoms with E-state index in [-0.39, 0.29) is 5.91 Å². The molecule has 1 atom stereocenters. The van der Waals surface area contributed by atoms with Gasteiger partial charge in [-0.1, -0.05) is 43.3 Å². The second kappa shape index (κ2) is 8.83. The lowest BCUT2D eigenvalue weighted by atomic mass is 10.2. The Bertz CT molecular complexity index is 587. The molecule has 1 N–H and O–H groups in total. The Balaban J connectivity index is 1.78. The van der Waals surface area contributed by atoms with Gasteiger partial charge in [-0.2, -0.15) is 0 Å². The van der Waals surface area contributed by atoms with Gasteiger partial charge in [-0.15, -0.1) is 0 Å². The smallest absolute Gasteiger partial charge is 0.261 e. The molecule has 0 saturated heterocycles. The van der Waals surface area contributed by atoms with Gasteiger partial charge in [-0.25, -0.2) is 0 Å². The van der Waals surface area contributed by atoms with E-state index in [1.54, 1.807) is 0 Å². The Morgan fingerprint density at radius 1 is 1.09 bits per heavy atom. The summed E-state index contributed by atoms with van der Waals surface area (Å²) in [5, 5.41) is 2.95. The van der Waals surface area contributed by atoms with E-state index in [1.165, 1.54) is 0 Å². The highest BCUT2D eigenvalue weighted by atomic mass is 16.5. The van der Waals surface area contributed by atoms with Crippen molar-refractivity contribution in [3.05, 3.63) is 60.7 Å². The molecule has 2 aromatic carbocycles. The number of rotatable bonds is 8. The number of para-hydroxylation sites is 2. The molecule has 4 heteroatoms. The van der Waals surface area contributed by atoms with E-state index in [9.17, 15) is 4.79 Å². The third kappa shape index (κ3) is 5.33. The average molecular weight is 312 g/mol. The predicted molar refractivity (Wildman–Crippen MR) is 93.9 cm³/mol. The first kappa shape index (κ1) is 16.9. The second-order valence-corrected chi connectivity index (χ2v) is 5.38. The Morgan fingerprint density at radius 3 is 2.30 bits per heavy atom. The third-order valence-electron chi connectivity index (χ3n) is 3.63. The van der Waals surface area contributed by atoms with Crippen molar-refractivity contribution in [2.45, 2.75) is 19.4 Å². The summed E-state index contributed by atoms with van der Waals surface area (Å²) in [6, 6.07) is 19.5. The predicted octanol–water partition coefficient (Wildman–Crippen LogP) is 3.10. The van der Waals surface area contributed by atoms with Crippen molar-refractivity contribution in [2.75, 3.05) is 25.0 Å². The molecule has 0 spiro atoms. The van der Waals surface area contributed by atoms with Crippen molar-refractivity contribution < 1.29 is 9.53 Å². The van der Waals surface area contributed by atoms with E-state index in [1.807, 2.05) is 62.5 Å². The van der Waals surface area contributed by atoms with Gasteiger partial charge >= 0.3 is 0 Å². The summed E-state index contributed by atoms with van der Waals surface area (Å²) in [6.45, 7) is 3.28. The van der Waals surface area contributed by atoms with Crippen LogP contribution < -0.4 is 15.0 Å². The molecule has 0 fully saturated rings. The summed E-state index contributed by atoms with van der Waals surface area (Å²) in [5.74, 6) is 0.647. The number of carbonyl (C=O) groups is 1. The van der Waals surface area contributed by atoms with Crippen LogP contribution in [0.5, 0.6) is 5.75 Å². The van der Waals surface area contributed by atoms with Crippen LogP contribution in [0.25, 0.3) is 0 Å². The van der Waals surface area contributed by atoms with Crippen LogP contribution in [0.2, 0.25) is 0 Å². The van der Waals surface area contributed by atoms with Crippen LogP contribution in [0, 0.1) is 0 Å². The zero-order valence-corrected chi connectivity index (χ0v) is 13.7. The lowest BCUT2D eigenvalue weighted by molar-refractivity contribution is -0.128. The number of nitrogens with one attached hydrogen (secondary N) is 1. The number of benzene rings is 2. The molecule has 0 aliphatic rings. The SMILES string of the molecule is CC[C@H](Oc1ccccc1)C(=O)NCCN(C)c1ccccc1. The fourth-order valence-corrected chi connectivity index (χ4v) is 2.26. The molecule has 0 unspecified atom stereocenters. The van der Waals surface area contributed by atoms with Crippen LogP contribution in [0.15, 0.2) is 60.7 Å². The van der Waals surface area contributed by atoms with Crippen LogP contribution in [0.4, 0.5) is 5.69 Å². The number of hydrogen-bond donors (Lipinski definition) is 1. The normalized spacial score (nSPS) is 11.6. The monoisotopic (exact) mass is 312 g/mol. The fourth-order valence-electron chi connectivity index (χ4n) is 2.26. The Kier molecular flexibility index (Phi) is 6.48. The summed E-state index contributed by atoms with van der Waals surface area (Å²) >= 11 is 0. The molecule has 23 heavy (non-hydrogen) atoms. The first-order valence-corrected chi connectivity index (χ1v) is 7.96. The lowest BCUT2D eigenvalue weighted by Crippen LogP contribution is -2.41. The molecular formula is C19H24N2O2. The van der Waals surface area contributed by atoms with Gasteiger partial charge in [0.25, 0.3) is 5.91 Å². The third-order valence-corrected chi connectivity index (χ3v) is 3.63. The van der Waals surface area contributed by atoms with Gasteiger partial charge in [0.2, 0.25) is 0 Å². The van der Waals surface area contributed by atoms with Crippen molar-refractivity contribution in [3.8, 4) is 5.75 Å². The number of hydrogen-bond acceptors (Lipinski definition) is 3. The molecule has 0 aliphatic heterocycles.